The SMILES string of the molecule is CN=C(NCCc1csc(N2CCCC2)n1)N1CCC(COC)C1.I. The fourth-order valence-corrected chi connectivity index (χ4v) is 4.41. The molecular weight excluding hydrogens is 449 g/mol. The lowest BCUT2D eigenvalue weighted by Crippen LogP contribution is -2.41. The number of guanidine groups is 1. The minimum absolute atomic E-state index is 0. The molecule has 0 aliphatic carbocycles. The lowest BCUT2D eigenvalue weighted by atomic mass is 10.1. The van der Waals surface area contributed by atoms with Crippen molar-refractivity contribution >= 4 is 46.4 Å². The quantitative estimate of drug-likeness (QED) is 0.386. The molecule has 1 N–H and O–H groups in total. The standard InChI is InChI=1S/C17H29N5OS.HI/c1-18-16(22-10-6-14(11-22)12-23-2)19-7-5-15-13-24-17(20-15)21-8-3-4-9-21;/h13-14H,3-12H2,1-2H3,(H,18,19);1H. The summed E-state index contributed by atoms with van der Waals surface area (Å²) in [6.45, 7) is 6.13. The molecule has 1 atom stereocenters. The molecule has 0 bridgehead atoms. The molecule has 142 valence electrons. The van der Waals surface area contributed by atoms with Crippen molar-refractivity contribution in [1.82, 2.24) is 15.2 Å². The van der Waals surface area contributed by atoms with E-state index in [1.165, 1.54) is 30.1 Å². The van der Waals surface area contributed by atoms with Crippen molar-refractivity contribution in [2.45, 2.75) is 25.7 Å². The number of aromatic nitrogens is 1. The number of likely N-dealkylation sites (tertiary alicyclic amines) is 1. The molecule has 1 unspecified atom stereocenters. The van der Waals surface area contributed by atoms with Gasteiger partial charge in [0.15, 0.2) is 11.1 Å². The molecule has 2 aliphatic rings. The Morgan fingerprint density at radius 1 is 1.40 bits per heavy atom. The van der Waals surface area contributed by atoms with E-state index in [2.05, 4.69) is 25.5 Å². The summed E-state index contributed by atoms with van der Waals surface area (Å²) in [5.74, 6) is 1.62. The first-order valence-electron chi connectivity index (χ1n) is 8.94. The van der Waals surface area contributed by atoms with E-state index in [4.69, 9.17) is 9.72 Å². The van der Waals surface area contributed by atoms with Crippen molar-refractivity contribution in [2.24, 2.45) is 10.9 Å². The Kier molecular flexibility index (Phi) is 8.71. The van der Waals surface area contributed by atoms with Crippen molar-refractivity contribution < 1.29 is 4.74 Å². The monoisotopic (exact) mass is 479 g/mol. The molecule has 2 saturated heterocycles. The van der Waals surface area contributed by atoms with E-state index < -0.39 is 0 Å². The molecule has 0 aromatic carbocycles. The number of thiazole rings is 1. The summed E-state index contributed by atoms with van der Waals surface area (Å²) in [5.41, 5.74) is 1.18. The number of halogens is 1. The molecule has 1 aromatic heterocycles. The number of rotatable bonds is 6. The Morgan fingerprint density at radius 3 is 2.92 bits per heavy atom. The van der Waals surface area contributed by atoms with Crippen LogP contribution in [0.5, 0.6) is 0 Å². The lowest BCUT2D eigenvalue weighted by molar-refractivity contribution is 0.157. The van der Waals surface area contributed by atoms with Crippen LogP contribution in [0.25, 0.3) is 0 Å². The molecule has 3 heterocycles. The van der Waals surface area contributed by atoms with Crippen LogP contribution in [0.2, 0.25) is 0 Å². The molecule has 25 heavy (non-hydrogen) atoms. The van der Waals surface area contributed by atoms with E-state index >= 15 is 0 Å². The van der Waals surface area contributed by atoms with Gasteiger partial charge in [-0.1, -0.05) is 0 Å². The van der Waals surface area contributed by atoms with Gasteiger partial charge >= 0.3 is 0 Å². The lowest BCUT2D eigenvalue weighted by Gasteiger charge is -2.21. The van der Waals surface area contributed by atoms with Crippen LogP contribution in [0.1, 0.15) is 25.0 Å². The number of ether oxygens (including phenoxy) is 1. The van der Waals surface area contributed by atoms with Gasteiger partial charge in [0.1, 0.15) is 0 Å². The minimum atomic E-state index is 0. The van der Waals surface area contributed by atoms with Crippen molar-refractivity contribution in [2.75, 3.05) is 58.4 Å². The van der Waals surface area contributed by atoms with Gasteiger partial charge in [-0.25, -0.2) is 4.98 Å². The third-order valence-electron chi connectivity index (χ3n) is 4.78. The molecule has 0 radical (unpaired) electrons. The molecule has 6 nitrogen and oxygen atoms in total. The van der Waals surface area contributed by atoms with Crippen molar-refractivity contribution in [3.05, 3.63) is 11.1 Å². The number of hydrogen-bond acceptors (Lipinski definition) is 5. The summed E-state index contributed by atoms with van der Waals surface area (Å²) in [5, 5.41) is 6.87. The molecule has 0 saturated carbocycles. The Morgan fingerprint density at radius 2 is 2.20 bits per heavy atom. The van der Waals surface area contributed by atoms with Gasteiger partial charge in [0.25, 0.3) is 0 Å². The Balaban J connectivity index is 0.00000225. The fraction of sp³-hybridized carbons (Fsp3) is 0.765. The van der Waals surface area contributed by atoms with E-state index in [1.54, 1.807) is 18.4 Å². The zero-order valence-electron chi connectivity index (χ0n) is 15.2. The predicted octanol–water partition coefficient (Wildman–Crippen LogP) is 2.45. The first-order valence-corrected chi connectivity index (χ1v) is 9.82. The summed E-state index contributed by atoms with van der Waals surface area (Å²) < 4.78 is 5.27. The Bertz CT molecular complexity index is 547. The molecular formula is C17H30IN5OS. The summed E-state index contributed by atoms with van der Waals surface area (Å²) in [7, 11) is 3.64. The van der Waals surface area contributed by atoms with Gasteiger partial charge in [-0.15, -0.1) is 35.3 Å². The first-order chi connectivity index (χ1) is 11.8. The molecule has 1 aromatic rings. The maximum Gasteiger partial charge on any atom is 0.193 e. The van der Waals surface area contributed by atoms with E-state index in [0.717, 1.165) is 51.7 Å². The molecule has 8 heteroatoms. The topological polar surface area (TPSA) is 53.0 Å². The van der Waals surface area contributed by atoms with E-state index in [1.807, 2.05) is 7.05 Å². The van der Waals surface area contributed by atoms with Crippen LogP contribution in [0.4, 0.5) is 5.13 Å². The second-order valence-electron chi connectivity index (χ2n) is 6.60. The highest BCUT2D eigenvalue weighted by molar-refractivity contribution is 14.0. The van der Waals surface area contributed by atoms with Crippen LogP contribution in [0.15, 0.2) is 10.4 Å². The highest BCUT2D eigenvalue weighted by atomic mass is 127. The van der Waals surface area contributed by atoms with Gasteiger partial charge in [0.05, 0.1) is 12.3 Å². The van der Waals surface area contributed by atoms with Crippen LogP contribution in [0.3, 0.4) is 0 Å². The maximum absolute atomic E-state index is 5.27. The first kappa shape index (κ1) is 20.7. The molecule has 0 spiro atoms. The number of anilines is 1. The van der Waals surface area contributed by atoms with E-state index in [9.17, 15) is 0 Å². The highest BCUT2D eigenvalue weighted by Gasteiger charge is 2.24. The molecule has 2 fully saturated rings. The second kappa shape index (κ2) is 10.5. The highest BCUT2D eigenvalue weighted by Crippen LogP contribution is 2.24. The Hall–Kier alpha value is -0.610. The molecule has 2 aliphatic heterocycles. The van der Waals surface area contributed by atoms with Gasteiger partial charge in [-0.2, -0.15) is 0 Å². The zero-order valence-corrected chi connectivity index (χ0v) is 18.4. The van der Waals surface area contributed by atoms with Crippen molar-refractivity contribution in [3.8, 4) is 0 Å². The largest absolute Gasteiger partial charge is 0.384 e. The van der Waals surface area contributed by atoms with Crippen LogP contribution in [-0.2, 0) is 11.2 Å². The molecule has 3 rings (SSSR count). The van der Waals surface area contributed by atoms with Gasteiger partial charge in [-0.05, 0) is 19.3 Å². The second-order valence-corrected chi connectivity index (χ2v) is 7.43. The average molecular weight is 479 g/mol. The van der Waals surface area contributed by atoms with Crippen LogP contribution in [-0.4, -0.2) is 69.3 Å². The summed E-state index contributed by atoms with van der Waals surface area (Å²) in [6.07, 6.45) is 4.72. The van der Waals surface area contributed by atoms with Gasteiger partial charge in [-0.3, -0.25) is 4.99 Å². The predicted molar refractivity (Wildman–Crippen MR) is 116 cm³/mol. The molecule has 0 amide bonds. The number of hydrogen-bond donors (Lipinski definition) is 1. The van der Waals surface area contributed by atoms with Crippen molar-refractivity contribution in [3.63, 3.8) is 0 Å². The smallest absolute Gasteiger partial charge is 0.193 e. The summed E-state index contributed by atoms with van der Waals surface area (Å²) >= 11 is 1.77. The van der Waals surface area contributed by atoms with Gasteiger partial charge in [0.2, 0.25) is 0 Å². The third kappa shape index (κ3) is 5.68. The normalized spacial score (nSPS) is 20.9. The van der Waals surface area contributed by atoms with E-state index in [0.29, 0.717) is 5.92 Å². The minimum Gasteiger partial charge on any atom is -0.384 e. The fourth-order valence-electron chi connectivity index (χ4n) is 3.50. The Labute approximate surface area is 172 Å². The van der Waals surface area contributed by atoms with Crippen LogP contribution < -0.4 is 10.2 Å². The summed E-state index contributed by atoms with van der Waals surface area (Å²) in [6, 6.07) is 0. The maximum atomic E-state index is 5.27. The van der Waals surface area contributed by atoms with E-state index in [-0.39, 0.29) is 24.0 Å². The number of methoxy groups -OCH3 is 1. The summed E-state index contributed by atoms with van der Waals surface area (Å²) in [4.78, 5) is 13.9. The van der Waals surface area contributed by atoms with Gasteiger partial charge < -0.3 is 19.9 Å². The van der Waals surface area contributed by atoms with Gasteiger partial charge in [0, 0.05) is 64.6 Å². The number of nitrogens with one attached hydrogen (secondary N) is 1. The number of aliphatic imine (C=N–C) groups is 1. The van der Waals surface area contributed by atoms with Crippen LogP contribution in [0, 0.1) is 5.92 Å². The van der Waals surface area contributed by atoms with Crippen molar-refractivity contribution in [1.29, 1.82) is 0 Å². The van der Waals surface area contributed by atoms with Crippen LogP contribution >= 0.6 is 35.3 Å². The average Bonchev–Trinajstić information content (AvgIpc) is 3.32. The number of nitrogens with zero attached hydrogens (tertiary/aromatic N) is 4. The zero-order chi connectivity index (χ0) is 16.8. The third-order valence-corrected chi connectivity index (χ3v) is 5.73.